The maximum Gasteiger partial charge on any atom is 0.407 e. The number of benzene rings is 2. The molecule has 2 aromatic carbocycles. The molecule has 2 amide bonds. The van der Waals surface area contributed by atoms with E-state index in [0.29, 0.717) is 32.3 Å². The van der Waals surface area contributed by atoms with Crippen molar-refractivity contribution in [2.75, 3.05) is 13.2 Å². The Hall–Kier alpha value is -3.39. The molecule has 182 valence electrons. The molecule has 6 rings (SSSR count). The molecule has 0 aromatic heterocycles. The van der Waals surface area contributed by atoms with Crippen LogP contribution in [0, 0.1) is 11.3 Å². The van der Waals surface area contributed by atoms with Crippen molar-refractivity contribution >= 4 is 18.0 Å². The molecular weight excluding hydrogens is 448 g/mol. The van der Waals surface area contributed by atoms with Gasteiger partial charge in [0.25, 0.3) is 5.91 Å². The first-order valence-corrected chi connectivity index (χ1v) is 12.2. The van der Waals surface area contributed by atoms with E-state index in [1.54, 1.807) is 0 Å². The van der Waals surface area contributed by atoms with Crippen LogP contribution in [-0.4, -0.2) is 54.5 Å². The number of carboxylic acid groups (broad SMARTS) is 1. The van der Waals surface area contributed by atoms with Gasteiger partial charge in [0, 0.05) is 18.6 Å². The summed E-state index contributed by atoms with van der Waals surface area (Å²) in [6.45, 7) is 0.559. The minimum absolute atomic E-state index is 0.0394. The van der Waals surface area contributed by atoms with Crippen LogP contribution in [0.2, 0.25) is 0 Å². The number of amides is 2. The van der Waals surface area contributed by atoms with Gasteiger partial charge >= 0.3 is 12.1 Å². The molecule has 3 aliphatic carbocycles. The monoisotopic (exact) mass is 476 g/mol. The number of ether oxygens (including phenoxy) is 2. The lowest BCUT2D eigenvalue weighted by Gasteiger charge is -2.23. The van der Waals surface area contributed by atoms with E-state index in [0.717, 1.165) is 22.3 Å². The number of carboxylic acids is 1. The van der Waals surface area contributed by atoms with Crippen LogP contribution in [0.3, 0.4) is 0 Å². The maximum atomic E-state index is 12.9. The Morgan fingerprint density at radius 2 is 1.69 bits per heavy atom. The van der Waals surface area contributed by atoms with Gasteiger partial charge in [-0.05, 0) is 53.9 Å². The summed E-state index contributed by atoms with van der Waals surface area (Å²) in [6, 6.07) is 15.6. The van der Waals surface area contributed by atoms with Crippen LogP contribution >= 0.6 is 0 Å². The van der Waals surface area contributed by atoms with Crippen molar-refractivity contribution in [1.82, 2.24) is 10.6 Å². The fourth-order valence-corrected chi connectivity index (χ4v) is 6.34. The fourth-order valence-electron chi connectivity index (χ4n) is 6.34. The molecule has 0 spiro atoms. The van der Waals surface area contributed by atoms with E-state index in [9.17, 15) is 19.5 Å². The molecule has 3 fully saturated rings. The number of nitrogens with one attached hydrogen (secondary N) is 2. The van der Waals surface area contributed by atoms with E-state index in [1.807, 2.05) is 24.3 Å². The van der Waals surface area contributed by atoms with Gasteiger partial charge in [0.15, 0.2) is 6.10 Å². The summed E-state index contributed by atoms with van der Waals surface area (Å²) < 4.78 is 11.2. The van der Waals surface area contributed by atoms with Crippen molar-refractivity contribution in [3.63, 3.8) is 0 Å². The molecule has 4 aliphatic rings. The van der Waals surface area contributed by atoms with Gasteiger partial charge in [-0.15, -0.1) is 0 Å². The Morgan fingerprint density at radius 1 is 1.00 bits per heavy atom. The molecule has 1 aliphatic heterocycles. The highest BCUT2D eigenvalue weighted by Gasteiger charge is 2.65. The van der Waals surface area contributed by atoms with Crippen LogP contribution in [0.5, 0.6) is 0 Å². The average molecular weight is 477 g/mol. The molecule has 0 bridgehead atoms. The molecular formula is C27H28N2O6. The van der Waals surface area contributed by atoms with Crippen LogP contribution in [-0.2, 0) is 19.1 Å². The van der Waals surface area contributed by atoms with Crippen LogP contribution in [0.1, 0.15) is 42.7 Å². The van der Waals surface area contributed by atoms with E-state index in [-0.39, 0.29) is 30.4 Å². The first kappa shape index (κ1) is 22.1. The lowest BCUT2D eigenvalue weighted by molar-refractivity contribution is -0.144. The van der Waals surface area contributed by atoms with Gasteiger partial charge in [0.1, 0.15) is 6.61 Å². The predicted octanol–water partition coefficient (Wildman–Crippen LogP) is 3.05. The van der Waals surface area contributed by atoms with Gasteiger partial charge in [0.05, 0.1) is 11.5 Å². The summed E-state index contributed by atoms with van der Waals surface area (Å²) in [5.74, 6) is -0.976. The number of alkyl carbamates (subject to hydrolysis) is 1. The third-order valence-electron chi connectivity index (χ3n) is 8.18. The lowest BCUT2D eigenvalue weighted by atomic mass is 9.98. The minimum Gasteiger partial charge on any atom is -0.481 e. The Morgan fingerprint density at radius 3 is 2.34 bits per heavy atom. The second-order valence-corrected chi connectivity index (χ2v) is 10.2. The first-order chi connectivity index (χ1) is 17.0. The third-order valence-corrected chi connectivity index (χ3v) is 8.18. The number of hydrogen-bond donors (Lipinski definition) is 3. The summed E-state index contributed by atoms with van der Waals surface area (Å²) in [6.07, 6.45) is 0.945. The zero-order chi connectivity index (χ0) is 24.2. The van der Waals surface area contributed by atoms with Gasteiger partial charge in [-0.1, -0.05) is 48.5 Å². The summed E-state index contributed by atoms with van der Waals surface area (Å²) in [5, 5.41) is 15.2. The fraction of sp³-hybridized carbons (Fsp3) is 0.444. The van der Waals surface area contributed by atoms with Crippen LogP contribution in [0.15, 0.2) is 48.5 Å². The van der Waals surface area contributed by atoms with E-state index in [1.165, 1.54) is 0 Å². The van der Waals surface area contributed by atoms with Crippen molar-refractivity contribution in [1.29, 1.82) is 0 Å². The highest BCUT2D eigenvalue weighted by atomic mass is 16.6. The zero-order valence-electron chi connectivity index (χ0n) is 19.2. The SMILES string of the molecule is O=C(N[C@H]1CCO[C@H]1C(=O)NC1CC2CC2(C(=O)O)C1)OCC1c2ccccc2-c2ccccc21. The molecule has 8 nitrogen and oxygen atoms in total. The standard InChI is InChI=1S/C27H28N2O6/c30-24(28-16-11-15-12-27(15,13-16)25(31)32)23-22(9-10-34-23)29-26(33)35-14-21-19-7-3-1-5-17(19)18-6-2-4-8-20(18)21/h1-8,15-16,21-23H,9-14H2,(H,28,30)(H,29,33)(H,31,32)/t15?,16?,22-,23+,27?/m0/s1. The van der Waals surface area contributed by atoms with Crippen LogP contribution < -0.4 is 10.6 Å². The van der Waals surface area contributed by atoms with Crippen molar-refractivity contribution in [3.8, 4) is 11.1 Å². The number of fused-ring (bicyclic) bond motifs is 4. The Kier molecular flexibility index (Phi) is 5.29. The lowest BCUT2D eigenvalue weighted by Crippen LogP contribution is -2.50. The van der Waals surface area contributed by atoms with Gasteiger partial charge in [-0.25, -0.2) is 4.79 Å². The number of rotatable bonds is 6. The molecule has 5 atom stereocenters. The highest BCUT2D eigenvalue weighted by Crippen LogP contribution is 2.63. The minimum atomic E-state index is -0.812. The molecule has 8 heteroatoms. The quantitative estimate of drug-likeness (QED) is 0.591. The Labute approximate surface area is 203 Å². The molecule has 2 saturated carbocycles. The summed E-state index contributed by atoms with van der Waals surface area (Å²) in [5.41, 5.74) is 3.93. The third kappa shape index (κ3) is 3.76. The van der Waals surface area contributed by atoms with Gasteiger partial charge < -0.3 is 25.2 Å². The maximum absolute atomic E-state index is 12.9. The van der Waals surface area contributed by atoms with Crippen molar-refractivity contribution < 1.29 is 29.0 Å². The smallest absolute Gasteiger partial charge is 0.407 e. The normalized spacial score (nSPS) is 30.2. The van der Waals surface area contributed by atoms with Crippen molar-refractivity contribution in [2.45, 2.75) is 49.8 Å². The van der Waals surface area contributed by atoms with Gasteiger partial charge in [0.2, 0.25) is 0 Å². The summed E-state index contributed by atoms with van der Waals surface area (Å²) >= 11 is 0. The molecule has 0 radical (unpaired) electrons. The highest BCUT2D eigenvalue weighted by molar-refractivity contribution is 5.84. The molecule has 35 heavy (non-hydrogen) atoms. The number of hydrogen-bond acceptors (Lipinski definition) is 5. The predicted molar refractivity (Wildman–Crippen MR) is 126 cm³/mol. The Bertz CT molecular complexity index is 1150. The van der Waals surface area contributed by atoms with Crippen LogP contribution in [0.25, 0.3) is 11.1 Å². The molecule has 3 N–H and O–H groups in total. The summed E-state index contributed by atoms with van der Waals surface area (Å²) in [4.78, 5) is 37.0. The van der Waals surface area contributed by atoms with Gasteiger partial charge in [-0.2, -0.15) is 0 Å². The molecule has 3 unspecified atom stereocenters. The second-order valence-electron chi connectivity index (χ2n) is 10.2. The average Bonchev–Trinajstić information content (AvgIpc) is 3.17. The molecule has 1 saturated heterocycles. The topological polar surface area (TPSA) is 114 Å². The van der Waals surface area contributed by atoms with E-state index >= 15 is 0 Å². The first-order valence-electron chi connectivity index (χ1n) is 12.2. The van der Waals surface area contributed by atoms with E-state index in [2.05, 4.69) is 34.9 Å². The van der Waals surface area contributed by atoms with Gasteiger partial charge in [-0.3, -0.25) is 9.59 Å². The molecule has 1 heterocycles. The zero-order valence-corrected chi connectivity index (χ0v) is 19.2. The van der Waals surface area contributed by atoms with E-state index in [4.69, 9.17) is 9.47 Å². The van der Waals surface area contributed by atoms with Crippen molar-refractivity contribution in [3.05, 3.63) is 59.7 Å². The van der Waals surface area contributed by atoms with E-state index < -0.39 is 29.6 Å². The number of carbonyl (C=O) groups is 3. The van der Waals surface area contributed by atoms with Crippen LogP contribution in [0.4, 0.5) is 4.79 Å². The Balaban J connectivity index is 1.05. The second kappa shape index (κ2) is 8.37. The molecule has 2 aromatic rings. The number of aliphatic carboxylic acids is 1. The number of carbonyl (C=O) groups excluding carboxylic acids is 2. The largest absolute Gasteiger partial charge is 0.481 e. The van der Waals surface area contributed by atoms with Crippen molar-refractivity contribution in [2.24, 2.45) is 11.3 Å². The summed E-state index contributed by atoms with van der Waals surface area (Å²) in [7, 11) is 0.